The number of piperazine rings is 1. The van der Waals surface area contributed by atoms with Gasteiger partial charge in [-0.2, -0.15) is 0 Å². The minimum absolute atomic E-state index is 0. The van der Waals surface area contributed by atoms with E-state index in [0.29, 0.717) is 5.92 Å². The predicted octanol–water partition coefficient (Wildman–Crippen LogP) is 3.18. The number of nitrogens with one attached hydrogen (secondary N) is 1. The van der Waals surface area contributed by atoms with Gasteiger partial charge in [-0.05, 0) is 24.8 Å². The molecule has 1 N–H and O–H groups in total. The van der Waals surface area contributed by atoms with Crippen LogP contribution in [0.2, 0.25) is 0 Å². The van der Waals surface area contributed by atoms with Crippen LogP contribution in [0, 0.1) is 5.92 Å². The molecule has 0 radical (unpaired) electrons. The van der Waals surface area contributed by atoms with Gasteiger partial charge in [-0.1, -0.05) is 18.6 Å². The highest BCUT2D eigenvalue weighted by molar-refractivity contribution is 5.85. The molecule has 0 spiro atoms. The van der Waals surface area contributed by atoms with Crippen molar-refractivity contribution >= 4 is 12.4 Å². The van der Waals surface area contributed by atoms with Crippen LogP contribution in [-0.2, 0) is 0 Å². The standard InChI is InChI=1S/C16H20F2N2O2.ClH/c17-16(18)21-13-6-2-5-12(15(13)22-16)14(11-3-1-4-11)20-9-7-19-8-10-20;/h2,5-6,11,14,19H,1,3-4,7-10H2;1H/t14-;/m0./s1. The van der Waals surface area contributed by atoms with Gasteiger partial charge in [0.25, 0.3) is 0 Å². The topological polar surface area (TPSA) is 33.7 Å². The van der Waals surface area contributed by atoms with Gasteiger partial charge in [0.05, 0.1) is 0 Å². The lowest BCUT2D eigenvalue weighted by atomic mass is 9.76. The first-order valence-electron chi connectivity index (χ1n) is 7.97. The number of rotatable bonds is 3. The molecule has 1 saturated heterocycles. The lowest BCUT2D eigenvalue weighted by Crippen LogP contribution is -2.47. The van der Waals surface area contributed by atoms with E-state index in [9.17, 15) is 8.78 Å². The quantitative estimate of drug-likeness (QED) is 0.911. The number of fused-ring (bicyclic) bond motifs is 1. The zero-order valence-corrected chi connectivity index (χ0v) is 13.6. The summed E-state index contributed by atoms with van der Waals surface area (Å²) in [6.45, 7) is 3.74. The molecule has 1 aromatic rings. The molecular weight excluding hydrogens is 326 g/mol. The summed E-state index contributed by atoms with van der Waals surface area (Å²) >= 11 is 0. The number of benzene rings is 1. The van der Waals surface area contributed by atoms with E-state index in [1.807, 2.05) is 6.07 Å². The molecule has 2 aliphatic heterocycles. The molecule has 0 unspecified atom stereocenters. The Morgan fingerprint density at radius 3 is 2.57 bits per heavy atom. The summed E-state index contributed by atoms with van der Waals surface area (Å²) in [6.07, 6.45) is -0.0348. The maximum absolute atomic E-state index is 13.5. The third kappa shape index (κ3) is 3.12. The summed E-state index contributed by atoms with van der Waals surface area (Å²) in [4.78, 5) is 2.40. The molecule has 4 nitrogen and oxygen atoms in total. The van der Waals surface area contributed by atoms with Crippen molar-refractivity contribution in [2.24, 2.45) is 5.92 Å². The van der Waals surface area contributed by atoms with Gasteiger partial charge >= 0.3 is 6.29 Å². The van der Waals surface area contributed by atoms with Gasteiger partial charge in [-0.15, -0.1) is 21.2 Å². The maximum atomic E-state index is 13.5. The zero-order chi connectivity index (χ0) is 15.2. The van der Waals surface area contributed by atoms with Crippen molar-refractivity contribution in [2.75, 3.05) is 26.2 Å². The third-order valence-corrected chi connectivity index (χ3v) is 4.92. The normalized spacial score (nSPS) is 24.6. The van der Waals surface area contributed by atoms with Crippen molar-refractivity contribution in [3.8, 4) is 11.5 Å². The van der Waals surface area contributed by atoms with Gasteiger partial charge in [0.15, 0.2) is 11.5 Å². The van der Waals surface area contributed by atoms with Gasteiger partial charge in [0.1, 0.15) is 0 Å². The second kappa shape index (κ2) is 6.42. The number of nitrogens with zero attached hydrogens (tertiary/aromatic N) is 1. The summed E-state index contributed by atoms with van der Waals surface area (Å²) < 4.78 is 36.3. The maximum Gasteiger partial charge on any atom is 0.586 e. The number of halogens is 3. The fourth-order valence-electron chi connectivity index (χ4n) is 3.69. The second-order valence-corrected chi connectivity index (χ2v) is 6.26. The fraction of sp³-hybridized carbons (Fsp3) is 0.625. The minimum Gasteiger partial charge on any atom is -0.395 e. The van der Waals surface area contributed by atoms with Gasteiger partial charge in [-0.3, -0.25) is 4.90 Å². The molecule has 1 atom stereocenters. The van der Waals surface area contributed by atoms with E-state index in [1.54, 1.807) is 12.1 Å². The molecule has 2 fully saturated rings. The van der Waals surface area contributed by atoms with Crippen LogP contribution in [-0.4, -0.2) is 37.4 Å². The molecule has 0 aromatic heterocycles. The minimum atomic E-state index is -3.55. The number of ether oxygens (including phenoxy) is 2. The van der Waals surface area contributed by atoms with Gasteiger partial charge < -0.3 is 14.8 Å². The molecule has 0 amide bonds. The Balaban J connectivity index is 0.00000156. The Morgan fingerprint density at radius 2 is 1.91 bits per heavy atom. The predicted molar refractivity (Wildman–Crippen MR) is 84.4 cm³/mol. The molecule has 128 valence electrons. The van der Waals surface area contributed by atoms with Gasteiger partial charge in [0.2, 0.25) is 0 Å². The van der Waals surface area contributed by atoms with Crippen LogP contribution in [0.1, 0.15) is 30.9 Å². The van der Waals surface area contributed by atoms with Crippen LogP contribution >= 0.6 is 12.4 Å². The molecule has 1 aromatic carbocycles. The monoisotopic (exact) mass is 346 g/mol. The van der Waals surface area contributed by atoms with Crippen LogP contribution in [0.25, 0.3) is 0 Å². The van der Waals surface area contributed by atoms with Gasteiger partial charge in [-0.25, -0.2) is 0 Å². The van der Waals surface area contributed by atoms with Crippen molar-refractivity contribution in [3.63, 3.8) is 0 Å². The van der Waals surface area contributed by atoms with Crippen LogP contribution in [0.4, 0.5) is 8.78 Å². The van der Waals surface area contributed by atoms with E-state index in [1.165, 1.54) is 6.42 Å². The van der Waals surface area contributed by atoms with E-state index in [-0.39, 0.29) is 29.9 Å². The number of alkyl halides is 2. The van der Waals surface area contributed by atoms with Crippen molar-refractivity contribution in [2.45, 2.75) is 31.6 Å². The van der Waals surface area contributed by atoms with Crippen LogP contribution < -0.4 is 14.8 Å². The Morgan fingerprint density at radius 1 is 1.17 bits per heavy atom. The van der Waals surface area contributed by atoms with Crippen molar-refractivity contribution < 1.29 is 18.3 Å². The molecular formula is C16H21ClF2N2O2. The molecule has 7 heteroatoms. The Labute approximate surface area is 140 Å². The average molecular weight is 347 g/mol. The molecule has 23 heavy (non-hydrogen) atoms. The summed E-state index contributed by atoms with van der Waals surface area (Å²) in [6, 6.07) is 5.39. The summed E-state index contributed by atoms with van der Waals surface area (Å²) in [5, 5.41) is 3.34. The van der Waals surface area contributed by atoms with E-state index in [2.05, 4.69) is 15.0 Å². The van der Waals surface area contributed by atoms with E-state index >= 15 is 0 Å². The highest BCUT2D eigenvalue weighted by atomic mass is 35.5. The fourth-order valence-corrected chi connectivity index (χ4v) is 3.69. The number of hydrogen-bond donors (Lipinski definition) is 1. The van der Waals surface area contributed by atoms with E-state index < -0.39 is 6.29 Å². The highest BCUT2D eigenvalue weighted by Crippen LogP contribution is 2.50. The first-order valence-corrected chi connectivity index (χ1v) is 7.97. The average Bonchev–Trinajstić information content (AvgIpc) is 2.77. The van der Waals surface area contributed by atoms with E-state index in [0.717, 1.165) is 44.6 Å². The molecule has 3 aliphatic rings. The SMILES string of the molecule is Cl.FC1(F)Oc2cccc([C@H](C3CCC3)N3CCNCC3)c2O1. The number of hydrogen-bond acceptors (Lipinski definition) is 4. The molecule has 4 rings (SSSR count). The van der Waals surface area contributed by atoms with E-state index in [4.69, 9.17) is 4.74 Å². The number of para-hydroxylation sites is 1. The lowest BCUT2D eigenvalue weighted by molar-refractivity contribution is -0.287. The summed E-state index contributed by atoms with van der Waals surface area (Å²) in [5.74, 6) is 0.896. The Hall–Kier alpha value is -1.11. The summed E-state index contributed by atoms with van der Waals surface area (Å²) in [5.41, 5.74) is 0.848. The van der Waals surface area contributed by atoms with Crippen molar-refractivity contribution in [3.05, 3.63) is 23.8 Å². The largest absolute Gasteiger partial charge is 0.586 e. The van der Waals surface area contributed by atoms with Crippen molar-refractivity contribution in [1.82, 2.24) is 10.2 Å². The second-order valence-electron chi connectivity index (χ2n) is 6.26. The first-order chi connectivity index (χ1) is 10.6. The van der Waals surface area contributed by atoms with Crippen LogP contribution in [0.15, 0.2) is 18.2 Å². The highest BCUT2D eigenvalue weighted by Gasteiger charge is 2.46. The van der Waals surface area contributed by atoms with Crippen LogP contribution in [0.5, 0.6) is 11.5 Å². The zero-order valence-electron chi connectivity index (χ0n) is 12.8. The third-order valence-electron chi connectivity index (χ3n) is 4.92. The van der Waals surface area contributed by atoms with Gasteiger partial charge in [0, 0.05) is 37.8 Å². The molecule has 0 bridgehead atoms. The smallest absolute Gasteiger partial charge is 0.395 e. The van der Waals surface area contributed by atoms with Crippen molar-refractivity contribution in [1.29, 1.82) is 0 Å². The lowest BCUT2D eigenvalue weighted by Gasteiger charge is -2.43. The molecule has 1 saturated carbocycles. The first kappa shape index (κ1) is 16.7. The Bertz CT molecular complexity index is 563. The molecule has 2 heterocycles. The van der Waals surface area contributed by atoms with Crippen LogP contribution in [0.3, 0.4) is 0 Å². The molecule has 1 aliphatic carbocycles. The summed E-state index contributed by atoms with van der Waals surface area (Å²) in [7, 11) is 0. The Kier molecular flexibility index (Phi) is 4.67.